The van der Waals surface area contributed by atoms with E-state index in [1.165, 1.54) is 4.90 Å². The molecule has 0 aliphatic carbocycles. The third kappa shape index (κ3) is 5.59. The monoisotopic (exact) mass is 346 g/mol. The fraction of sp³-hybridized carbons (Fsp3) is 0.526. The zero-order valence-corrected chi connectivity index (χ0v) is 14.7. The summed E-state index contributed by atoms with van der Waals surface area (Å²) in [7, 11) is 0. The summed E-state index contributed by atoms with van der Waals surface area (Å²) in [5, 5.41) is 9.16. The number of benzene rings is 1. The van der Waals surface area contributed by atoms with Gasteiger partial charge in [-0.3, -0.25) is 14.4 Å². The van der Waals surface area contributed by atoms with Crippen LogP contribution in [0.25, 0.3) is 0 Å². The fourth-order valence-electron chi connectivity index (χ4n) is 3.21. The molecule has 1 aliphatic rings. The van der Waals surface area contributed by atoms with Gasteiger partial charge in [-0.15, -0.1) is 0 Å². The first-order valence-electron chi connectivity index (χ1n) is 8.83. The van der Waals surface area contributed by atoms with E-state index in [0.29, 0.717) is 25.9 Å². The van der Waals surface area contributed by atoms with Crippen LogP contribution >= 0.6 is 0 Å². The molecule has 0 saturated carbocycles. The molecule has 2 rings (SSSR count). The second-order valence-corrected chi connectivity index (χ2v) is 6.50. The van der Waals surface area contributed by atoms with E-state index < -0.39 is 5.97 Å². The quantitative estimate of drug-likeness (QED) is 0.820. The van der Waals surface area contributed by atoms with Crippen LogP contribution in [0.5, 0.6) is 0 Å². The Morgan fingerprint density at radius 3 is 2.60 bits per heavy atom. The molecule has 6 nitrogen and oxygen atoms in total. The molecular weight excluding hydrogens is 320 g/mol. The van der Waals surface area contributed by atoms with E-state index in [1.807, 2.05) is 37.3 Å². The molecule has 1 fully saturated rings. The fourth-order valence-corrected chi connectivity index (χ4v) is 3.21. The zero-order chi connectivity index (χ0) is 18.2. The van der Waals surface area contributed by atoms with Crippen LogP contribution in [-0.2, 0) is 20.9 Å². The number of likely N-dealkylation sites (tertiary alicyclic amines) is 1. The van der Waals surface area contributed by atoms with Crippen molar-refractivity contribution >= 4 is 17.8 Å². The standard InChI is InChI=1S/C19H26N2O4/c1-2-7-17(22)20-11-6-10-16(13-20)19(25)21(14-18(23)24)12-15-8-4-3-5-9-15/h3-5,8-9,16H,2,6-7,10-14H2,1H3,(H,23,24). The highest BCUT2D eigenvalue weighted by Gasteiger charge is 2.31. The number of carboxylic acids is 1. The van der Waals surface area contributed by atoms with Crippen LogP contribution in [-0.4, -0.2) is 52.3 Å². The summed E-state index contributed by atoms with van der Waals surface area (Å²) in [6.45, 7) is 2.97. The van der Waals surface area contributed by atoms with Crippen LogP contribution in [0.2, 0.25) is 0 Å². The molecule has 1 aromatic rings. The van der Waals surface area contributed by atoms with Gasteiger partial charge in [0.2, 0.25) is 11.8 Å². The lowest BCUT2D eigenvalue weighted by Gasteiger charge is -2.34. The molecule has 0 spiro atoms. The summed E-state index contributed by atoms with van der Waals surface area (Å²) in [5.74, 6) is -1.45. The number of nitrogens with zero attached hydrogens (tertiary/aromatic N) is 2. The van der Waals surface area contributed by atoms with Gasteiger partial charge in [0.25, 0.3) is 0 Å². The van der Waals surface area contributed by atoms with Crippen LogP contribution in [0.3, 0.4) is 0 Å². The van der Waals surface area contributed by atoms with E-state index in [4.69, 9.17) is 5.11 Å². The number of carbonyl (C=O) groups is 3. The van der Waals surface area contributed by atoms with Crippen LogP contribution in [0.4, 0.5) is 0 Å². The molecule has 6 heteroatoms. The van der Waals surface area contributed by atoms with Gasteiger partial charge in [-0.2, -0.15) is 0 Å². The maximum Gasteiger partial charge on any atom is 0.323 e. The number of carbonyl (C=O) groups excluding carboxylic acids is 2. The molecule has 1 saturated heterocycles. The number of rotatable bonds is 7. The lowest BCUT2D eigenvalue weighted by atomic mass is 9.95. The predicted molar refractivity (Wildman–Crippen MR) is 93.7 cm³/mol. The summed E-state index contributed by atoms with van der Waals surface area (Å²) in [6.07, 6.45) is 2.74. The zero-order valence-electron chi connectivity index (χ0n) is 14.7. The smallest absolute Gasteiger partial charge is 0.323 e. The van der Waals surface area contributed by atoms with Gasteiger partial charge in [0.05, 0.1) is 5.92 Å². The van der Waals surface area contributed by atoms with Gasteiger partial charge in [0, 0.05) is 26.1 Å². The number of amides is 2. The van der Waals surface area contributed by atoms with Crippen molar-refractivity contribution in [2.45, 2.75) is 39.2 Å². The van der Waals surface area contributed by atoms with Gasteiger partial charge in [0.1, 0.15) is 6.54 Å². The van der Waals surface area contributed by atoms with Crippen molar-refractivity contribution in [1.82, 2.24) is 9.80 Å². The maximum atomic E-state index is 12.9. The summed E-state index contributed by atoms with van der Waals surface area (Å²) >= 11 is 0. The molecule has 1 aliphatic heterocycles. The van der Waals surface area contributed by atoms with Crippen molar-refractivity contribution in [2.24, 2.45) is 5.92 Å². The van der Waals surface area contributed by atoms with Gasteiger partial charge >= 0.3 is 5.97 Å². The van der Waals surface area contributed by atoms with Gasteiger partial charge in [-0.25, -0.2) is 0 Å². The molecule has 0 aromatic heterocycles. The molecule has 1 heterocycles. The second-order valence-electron chi connectivity index (χ2n) is 6.50. The van der Waals surface area contributed by atoms with Crippen molar-refractivity contribution in [3.05, 3.63) is 35.9 Å². The maximum absolute atomic E-state index is 12.9. The Bertz CT molecular complexity index is 603. The third-order valence-corrected chi connectivity index (χ3v) is 4.44. The minimum absolute atomic E-state index is 0.0767. The Morgan fingerprint density at radius 1 is 1.24 bits per heavy atom. The van der Waals surface area contributed by atoms with E-state index in [0.717, 1.165) is 18.4 Å². The molecule has 1 N–H and O–H groups in total. The lowest BCUT2D eigenvalue weighted by molar-refractivity contribution is -0.149. The summed E-state index contributed by atoms with van der Waals surface area (Å²) in [5.41, 5.74) is 0.895. The van der Waals surface area contributed by atoms with Crippen molar-refractivity contribution in [3.63, 3.8) is 0 Å². The first-order chi connectivity index (χ1) is 12.0. The number of aliphatic carboxylic acids is 1. The Kier molecular flexibility index (Phi) is 6.98. The number of hydrogen-bond donors (Lipinski definition) is 1. The third-order valence-electron chi connectivity index (χ3n) is 4.44. The largest absolute Gasteiger partial charge is 0.480 e. The van der Waals surface area contributed by atoms with E-state index in [2.05, 4.69) is 0 Å². The van der Waals surface area contributed by atoms with Gasteiger partial charge < -0.3 is 14.9 Å². The Balaban J connectivity index is 2.06. The van der Waals surface area contributed by atoms with E-state index in [-0.39, 0.29) is 30.8 Å². The van der Waals surface area contributed by atoms with Gasteiger partial charge in [-0.05, 0) is 24.8 Å². The van der Waals surface area contributed by atoms with Crippen molar-refractivity contribution in [3.8, 4) is 0 Å². The number of piperidine rings is 1. The SMILES string of the molecule is CCCC(=O)N1CCCC(C(=O)N(CC(=O)O)Cc2ccccc2)C1. The highest BCUT2D eigenvalue weighted by Crippen LogP contribution is 2.21. The summed E-state index contributed by atoms with van der Waals surface area (Å²) in [4.78, 5) is 39.3. The molecule has 0 radical (unpaired) electrons. The summed E-state index contributed by atoms with van der Waals surface area (Å²) < 4.78 is 0. The van der Waals surface area contributed by atoms with Crippen LogP contribution in [0, 0.1) is 5.92 Å². The second kappa shape index (κ2) is 9.20. The first-order valence-corrected chi connectivity index (χ1v) is 8.83. The molecular formula is C19H26N2O4. The molecule has 0 bridgehead atoms. The minimum Gasteiger partial charge on any atom is -0.480 e. The van der Waals surface area contributed by atoms with E-state index in [9.17, 15) is 14.4 Å². The average molecular weight is 346 g/mol. The van der Waals surface area contributed by atoms with Crippen LogP contribution in [0.1, 0.15) is 38.2 Å². The number of hydrogen-bond acceptors (Lipinski definition) is 3. The van der Waals surface area contributed by atoms with Gasteiger partial charge in [-0.1, -0.05) is 37.3 Å². The molecule has 1 aromatic carbocycles. The highest BCUT2D eigenvalue weighted by molar-refractivity contribution is 5.84. The minimum atomic E-state index is -1.03. The molecule has 1 atom stereocenters. The average Bonchev–Trinajstić information content (AvgIpc) is 2.61. The molecule has 25 heavy (non-hydrogen) atoms. The topological polar surface area (TPSA) is 77.9 Å². The van der Waals surface area contributed by atoms with Gasteiger partial charge in [0.15, 0.2) is 0 Å². The Hall–Kier alpha value is -2.37. The van der Waals surface area contributed by atoms with Crippen LogP contribution < -0.4 is 0 Å². The lowest BCUT2D eigenvalue weighted by Crippen LogP contribution is -2.47. The molecule has 2 amide bonds. The van der Waals surface area contributed by atoms with Crippen molar-refractivity contribution < 1.29 is 19.5 Å². The molecule has 1 unspecified atom stereocenters. The Morgan fingerprint density at radius 2 is 1.96 bits per heavy atom. The van der Waals surface area contributed by atoms with E-state index in [1.54, 1.807) is 4.90 Å². The van der Waals surface area contributed by atoms with Crippen molar-refractivity contribution in [2.75, 3.05) is 19.6 Å². The van der Waals surface area contributed by atoms with Crippen LogP contribution in [0.15, 0.2) is 30.3 Å². The van der Waals surface area contributed by atoms with Crippen molar-refractivity contribution in [1.29, 1.82) is 0 Å². The molecule has 136 valence electrons. The Labute approximate surface area is 148 Å². The highest BCUT2D eigenvalue weighted by atomic mass is 16.4. The summed E-state index contributed by atoms with van der Waals surface area (Å²) in [6, 6.07) is 9.36. The van der Waals surface area contributed by atoms with E-state index >= 15 is 0 Å². The normalized spacial score (nSPS) is 17.2. The number of carboxylic acid groups (broad SMARTS) is 1. The first kappa shape index (κ1) is 19.0. The predicted octanol–water partition coefficient (Wildman–Crippen LogP) is 2.14.